The van der Waals surface area contributed by atoms with E-state index in [1.54, 1.807) is 40.1 Å². The molecule has 1 aromatic carbocycles. The Morgan fingerprint density at radius 2 is 2.21 bits per heavy atom. The molecule has 1 aliphatic rings. The second-order valence-corrected chi connectivity index (χ2v) is 7.90. The minimum Gasteiger partial charge on any atom is -0.396 e. The Bertz CT molecular complexity index is 895. The lowest BCUT2D eigenvalue weighted by atomic mass is 9.84. The third-order valence-electron chi connectivity index (χ3n) is 4.94. The summed E-state index contributed by atoms with van der Waals surface area (Å²) in [6, 6.07) is 4.16. The summed E-state index contributed by atoms with van der Waals surface area (Å²) in [5.41, 5.74) is 0.194. The van der Waals surface area contributed by atoms with Crippen LogP contribution in [0.5, 0.6) is 0 Å². The Morgan fingerprint density at radius 1 is 1.46 bits per heavy atom. The maximum atomic E-state index is 13.1. The van der Waals surface area contributed by atoms with Crippen LogP contribution in [0.1, 0.15) is 36.1 Å². The molecule has 2 heterocycles. The van der Waals surface area contributed by atoms with E-state index in [0.29, 0.717) is 24.6 Å². The van der Waals surface area contributed by atoms with Crippen LogP contribution in [0, 0.1) is 5.41 Å². The summed E-state index contributed by atoms with van der Waals surface area (Å²) in [4.78, 5) is 30.9. The average Bonchev–Trinajstić information content (AvgIpc) is 3.28. The molecule has 150 valence electrons. The number of aryl methyl sites for hydroxylation is 1. The van der Waals surface area contributed by atoms with Gasteiger partial charge in [-0.05, 0) is 18.2 Å². The molecule has 1 atom stereocenters. The summed E-state index contributed by atoms with van der Waals surface area (Å²) in [6.07, 6.45) is 3.42. The van der Waals surface area contributed by atoms with E-state index in [-0.39, 0.29) is 23.2 Å². The van der Waals surface area contributed by atoms with Crippen molar-refractivity contribution in [1.29, 1.82) is 0 Å². The number of aromatic nitrogens is 2. The zero-order chi connectivity index (χ0) is 20.5. The van der Waals surface area contributed by atoms with Crippen molar-refractivity contribution >= 4 is 29.2 Å². The Labute approximate surface area is 168 Å². The molecule has 1 aromatic heterocycles. The van der Waals surface area contributed by atoms with Crippen LogP contribution in [0.3, 0.4) is 0 Å². The lowest BCUT2D eigenvalue weighted by Crippen LogP contribution is -2.41. The second kappa shape index (κ2) is 7.81. The molecule has 0 saturated carbocycles. The molecule has 0 spiro atoms. The predicted octanol–water partition coefficient (Wildman–Crippen LogP) is 2.09. The first kappa shape index (κ1) is 20.2. The average molecular weight is 406 g/mol. The Hall–Kier alpha value is -2.58. The number of urea groups is 1. The number of carbonyl (C=O) groups excluding carboxylic acids is 2. The highest BCUT2D eigenvalue weighted by atomic mass is 35.5. The molecule has 0 bridgehead atoms. The van der Waals surface area contributed by atoms with Crippen molar-refractivity contribution in [2.75, 3.05) is 24.6 Å². The van der Waals surface area contributed by atoms with Gasteiger partial charge in [0.15, 0.2) is 0 Å². The van der Waals surface area contributed by atoms with Crippen LogP contribution in [0.4, 0.5) is 10.5 Å². The fourth-order valence-corrected chi connectivity index (χ4v) is 3.34. The van der Waals surface area contributed by atoms with Crippen LogP contribution in [-0.2, 0) is 7.05 Å². The molecule has 3 rings (SSSR count). The van der Waals surface area contributed by atoms with Gasteiger partial charge in [-0.25, -0.2) is 9.78 Å². The number of benzene rings is 1. The topological polar surface area (TPSA) is 99.5 Å². The van der Waals surface area contributed by atoms with Crippen molar-refractivity contribution in [2.24, 2.45) is 12.5 Å². The van der Waals surface area contributed by atoms with E-state index in [0.717, 1.165) is 0 Å². The number of halogens is 1. The minimum absolute atomic E-state index is 0.146. The minimum atomic E-state index is -0.659. The summed E-state index contributed by atoms with van der Waals surface area (Å²) in [7, 11) is 1.83. The SMILES string of the molecule is Cn1ccnc1C(NC(=O)c1cc(N2CCNC2=O)ccc1Cl)C(C)(C)CO. The van der Waals surface area contributed by atoms with Gasteiger partial charge >= 0.3 is 6.03 Å². The molecule has 0 aliphatic carbocycles. The molecule has 0 radical (unpaired) electrons. The van der Waals surface area contributed by atoms with Gasteiger partial charge in [-0.15, -0.1) is 0 Å². The van der Waals surface area contributed by atoms with E-state index in [9.17, 15) is 14.7 Å². The van der Waals surface area contributed by atoms with E-state index in [1.807, 2.05) is 20.9 Å². The van der Waals surface area contributed by atoms with Gasteiger partial charge in [0.25, 0.3) is 5.91 Å². The van der Waals surface area contributed by atoms with Gasteiger partial charge in [0.2, 0.25) is 0 Å². The lowest BCUT2D eigenvalue weighted by Gasteiger charge is -2.33. The molecule has 1 saturated heterocycles. The first-order valence-corrected chi connectivity index (χ1v) is 9.36. The Balaban J connectivity index is 1.92. The zero-order valence-electron chi connectivity index (χ0n) is 16.1. The number of anilines is 1. The standard InChI is InChI=1S/C19H24ClN5O3/c1-19(2,11-26)15(16-21-6-8-24(16)3)23-17(27)13-10-12(4-5-14(13)20)25-9-7-22-18(25)28/h4-6,8,10,15,26H,7,9,11H2,1-3H3,(H,22,28)(H,23,27). The largest absolute Gasteiger partial charge is 0.396 e. The van der Waals surface area contributed by atoms with E-state index in [2.05, 4.69) is 15.6 Å². The molecule has 1 aliphatic heterocycles. The van der Waals surface area contributed by atoms with Gasteiger partial charge in [0, 0.05) is 43.6 Å². The Morgan fingerprint density at radius 3 is 2.79 bits per heavy atom. The number of rotatable bonds is 6. The number of aliphatic hydroxyl groups is 1. The molecular formula is C19H24ClN5O3. The van der Waals surface area contributed by atoms with E-state index in [1.165, 1.54) is 0 Å². The van der Waals surface area contributed by atoms with Crippen molar-refractivity contribution in [3.8, 4) is 0 Å². The van der Waals surface area contributed by atoms with Crippen LogP contribution in [0.2, 0.25) is 5.02 Å². The fourth-order valence-electron chi connectivity index (χ4n) is 3.14. The fraction of sp³-hybridized carbons (Fsp3) is 0.421. The summed E-state index contributed by atoms with van der Waals surface area (Å²) in [6.45, 7) is 4.62. The van der Waals surface area contributed by atoms with Crippen LogP contribution >= 0.6 is 11.6 Å². The number of carbonyl (C=O) groups is 2. The Kier molecular flexibility index (Phi) is 5.62. The summed E-state index contributed by atoms with van der Waals surface area (Å²) in [5.74, 6) is 0.222. The van der Waals surface area contributed by atoms with Gasteiger partial charge in [-0.2, -0.15) is 0 Å². The number of amides is 3. The molecule has 28 heavy (non-hydrogen) atoms. The smallest absolute Gasteiger partial charge is 0.321 e. The number of aliphatic hydroxyl groups excluding tert-OH is 1. The molecule has 2 aromatic rings. The van der Waals surface area contributed by atoms with E-state index >= 15 is 0 Å². The van der Waals surface area contributed by atoms with Crippen molar-refractivity contribution < 1.29 is 14.7 Å². The van der Waals surface area contributed by atoms with Crippen LogP contribution in [0.25, 0.3) is 0 Å². The van der Waals surface area contributed by atoms with Crippen LogP contribution < -0.4 is 15.5 Å². The highest BCUT2D eigenvalue weighted by molar-refractivity contribution is 6.34. The van der Waals surface area contributed by atoms with Crippen molar-refractivity contribution in [3.63, 3.8) is 0 Å². The first-order chi connectivity index (χ1) is 13.2. The van der Waals surface area contributed by atoms with Crippen molar-refractivity contribution in [3.05, 3.63) is 47.0 Å². The highest BCUT2D eigenvalue weighted by Gasteiger charge is 2.35. The summed E-state index contributed by atoms with van der Waals surface area (Å²) < 4.78 is 1.80. The highest BCUT2D eigenvalue weighted by Crippen LogP contribution is 2.33. The molecular weight excluding hydrogens is 382 g/mol. The molecule has 3 amide bonds. The number of nitrogens with one attached hydrogen (secondary N) is 2. The van der Waals surface area contributed by atoms with Crippen LogP contribution in [0.15, 0.2) is 30.6 Å². The number of hydrogen-bond donors (Lipinski definition) is 3. The molecule has 1 fully saturated rings. The molecule has 8 nitrogen and oxygen atoms in total. The van der Waals surface area contributed by atoms with Gasteiger partial charge in [-0.1, -0.05) is 25.4 Å². The van der Waals surface area contributed by atoms with Crippen molar-refractivity contribution in [2.45, 2.75) is 19.9 Å². The van der Waals surface area contributed by atoms with Gasteiger partial charge < -0.3 is 20.3 Å². The normalized spacial score (nSPS) is 15.5. The van der Waals surface area contributed by atoms with Crippen molar-refractivity contribution in [1.82, 2.24) is 20.2 Å². The molecule has 1 unspecified atom stereocenters. The summed E-state index contributed by atoms with van der Waals surface area (Å²) in [5, 5.41) is 15.8. The van der Waals surface area contributed by atoms with E-state index in [4.69, 9.17) is 11.6 Å². The summed E-state index contributed by atoms with van der Waals surface area (Å²) >= 11 is 6.27. The third-order valence-corrected chi connectivity index (χ3v) is 5.27. The van der Waals surface area contributed by atoms with Gasteiger partial charge in [0.1, 0.15) is 5.82 Å². The lowest BCUT2D eigenvalue weighted by molar-refractivity contribution is 0.0790. The maximum absolute atomic E-state index is 13.1. The first-order valence-electron chi connectivity index (χ1n) is 8.98. The van der Waals surface area contributed by atoms with E-state index < -0.39 is 17.4 Å². The number of nitrogens with zero attached hydrogens (tertiary/aromatic N) is 3. The number of hydrogen-bond acceptors (Lipinski definition) is 4. The monoisotopic (exact) mass is 405 g/mol. The second-order valence-electron chi connectivity index (χ2n) is 7.50. The van der Waals surface area contributed by atoms with Gasteiger partial charge in [-0.3, -0.25) is 9.69 Å². The zero-order valence-corrected chi connectivity index (χ0v) is 16.8. The molecule has 3 N–H and O–H groups in total. The van der Waals surface area contributed by atoms with Gasteiger partial charge in [0.05, 0.1) is 23.2 Å². The predicted molar refractivity (Wildman–Crippen MR) is 106 cm³/mol. The maximum Gasteiger partial charge on any atom is 0.321 e. The molecule has 9 heteroatoms. The third kappa shape index (κ3) is 3.83. The quantitative estimate of drug-likeness (QED) is 0.685. The van der Waals surface area contributed by atoms with Crippen LogP contribution in [-0.4, -0.2) is 46.3 Å². The number of imidazole rings is 1.